The molecule has 3 aliphatic rings. The topological polar surface area (TPSA) is 89.1 Å². The Morgan fingerprint density at radius 1 is 0.955 bits per heavy atom. The Labute approximate surface area is 260 Å². The van der Waals surface area contributed by atoms with E-state index in [0.717, 1.165) is 60.5 Å². The number of alkyl carbamates (subject to hydrolysis) is 1. The highest BCUT2D eigenvalue weighted by atomic mass is 16.6. The quantitative estimate of drug-likeness (QED) is 0.258. The van der Waals surface area contributed by atoms with E-state index in [9.17, 15) is 9.59 Å². The number of benzene rings is 3. The number of nitrogens with zero attached hydrogens (tertiary/aromatic N) is 1. The molecule has 0 aromatic heterocycles. The van der Waals surface area contributed by atoms with Crippen molar-refractivity contribution in [2.75, 3.05) is 38.1 Å². The van der Waals surface area contributed by atoms with Crippen molar-refractivity contribution in [3.05, 3.63) is 90.0 Å². The van der Waals surface area contributed by atoms with E-state index in [0.29, 0.717) is 31.2 Å². The maximum atomic E-state index is 13.0. The summed E-state index contributed by atoms with van der Waals surface area (Å²) >= 11 is 0. The zero-order valence-corrected chi connectivity index (χ0v) is 25.9. The molecule has 3 heterocycles. The summed E-state index contributed by atoms with van der Waals surface area (Å²) in [6, 6.07) is 23.9. The van der Waals surface area contributed by atoms with Crippen molar-refractivity contribution >= 4 is 23.9 Å². The molecule has 1 atom stereocenters. The molecule has 0 spiro atoms. The van der Waals surface area contributed by atoms with E-state index in [2.05, 4.69) is 15.5 Å². The van der Waals surface area contributed by atoms with Gasteiger partial charge in [0.1, 0.15) is 24.1 Å². The van der Waals surface area contributed by atoms with Gasteiger partial charge in [-0.2, -0.15) is 0 Å². The summed E-state index contributed by atoms with van der Waals surface area (Å²) in [5.74, 6) is 1.21. The summed E-state index contributed by atoms with van der Waals surface area (Å²) in [5.41, 5.74) is 4.19. The Kier molecular flexibility index (Phi) is 10.2. The maximum Gasteiger partial charge on any atom is 0.411 e. The standard InChI is InChI=1S/C36H43N3O5/c1-36(2,3)44-34(40)37-20-17-26-11-14-30(15-12-26)42-23-7-8-27-13-16-31(28-9-5-4-6-10-28)32(24-27)38-35(41)43-33-25-39-21-18-29(33)19-22-39/h4-16,24,29,33H,17-23,25H2,1-3H3,(H,37,40)(H,38,41)/b8-7+/t33-/m0/s1. The Morgan fingerprint density at radius 2 is 1.70 bits per heavy atom. The number of hydrogen-bond donors (Lipinski definition) is 2. The molecular formula is C36H43N3O5. The zero-order valence-electron chi connectivity index (χ0n) is 25.9. The Bertz CT molecular complexity index is 1420. The van der Waals surface area contributed by atoms with Crippen LogP contribution in [0.3, 0.4) is 0 Å². The minimum absolute atomic E-state index is 0.0548. The molecule has 0 radical (unpaired) electrons. The molecular weight excluding hydrogens is 554 g/mol. The highest BCUT2D eigenvalue weighted by Crippen LogP contribution is 2.32. The second-order valence-electron chi connectivity index (χ2n) is 12.4. The van der Waals surface area contributed by atoms with E-state index in [1.54, 1.807) is 0 Å². The predicted octanol–water partition coefficient (Wildman–Crippen LogP) is 7.16. The van der Waals surface area contributed by atoms with E-state index < -0.39 is 17.8 Å². The highest BCUT2D eigenvalue weighted by Gasteiger charge is 2.36. The number of ether oxygens (including phenoxy) is 3. The Hall–Kier alpha value is -4.30. The molecule has 44 heavy (non-hydrogen) atoms. The van der Waals surface area contributed by atoms with Crippen LogP contribution in [0.5, 0.6) is 5.75 Å². The third-order valence-electron chi connectivity index (χ3n) is 7.88. The molecule has 3 saturated heterocycles. The average molecular weight is 598 g/mol. The lowest BCUT2D eigenvalue weighted by Crippen LogP contribution is -2.52. The summed E-state index contributed by atoms with van der Waals surface area (Å²) in [6.45, 7) is 9.43. The van der Waals surface area contributed by atoms with Crippen LogP contribution >= 0.6 is 0 Å². The number of carbonyl (C=O) groups is 2. The fourth-order valence-corrected chi connectivity index (χ4v) is 5.66. The molecule has 3 aromatic carbocycles. The van der Waals surface area contributed by atoms with Gasteiger partial charge in [0, 0.05) is 18.7 Å². The highest BCUT2D eigenvalue weighted by molar-refractivity contribution is 5.92. The van der Waals surface area contributed by atoms with E-state index >= 15 is 0 Å². The third-order valence-corrected chi connectivity index (χ3v) is 7.88. The zero-order chi connectivity index (χ0) is 30.9. The van der Waals surface area contributed by atoms with Crippen LogP contribution < -0.4 is 15.4 Å². The second kappa shape index (κ2) is 14.4. The van der Waals surface area contributed by atoms with Gasteiger partial charge in [0.15, 0.2) is 0 Å². The first-order valence-electron chi connectivity index (χ1n) is 15.5. The molecule has 3 aromatic rings. The lowest BCUT2D eigenvalue weighted by Gasteiger charge is -2.43. The van der Waals surface area contributed by atoms with Crippen LogP contribution in [0, 0.1) is 5.92 Å². The van der Waals surface area contributed by atoms with Crippen molar-refractivity contribution in [2.45, 2.75) is 51.7 Å². The lowest BCUT2D eigenvalue weighted by molar-refractivity contribution is -0.0289. The van der Waals surface area contributed by atoms with Crippen molar-refractivity contribution in [3.63, 3.8) is 0 Å². The monoisotopic (exact) mass is 597 g/mol. The van der Waals surface area contributed by atoms with Gasteiger partial charge < -0.3 is 19.5 Å². The number of amides is 2. The van der Waals surface area contributed by atoms with Crippen molar-refractivity contribution in [2.24, 2.45) is 5.92 Å². The molecule has 8 nitrogen and oxygen atoms in total. The van der Waals surface area contributed by atoms with Crippen molar-refractivity contribution < 1.29 is 23.8 Å². The van der Waals surface area contributed by atoms with Gasteiger partial charge in [0.25, 0.3) is 0 Å². The first-order valence-corrected chi connectivity index (χ1v) is 15.5. The lowest BCUT2D eigenvalue weighted by atomic mass is 9.86. The molecule has 2 bridgehead atoms. The summed E-state index contributed by atoms with van der Waals surface area (Å²) in [6.07, 6.45) is 5.93. The van der Waals surface area contributed by atoms with Crippen LogP contribution in [0.2, 0.25) is 0 Å². The fourth-order valence-electron chi connectivity index (χ4n) is 5.66. The van der Waals surface area contributed by atoms with Crippen LogP contribution in [0.4, 0.5) is 15.3 Å². The van der Waals surface area contributed by atoms with E-state index in [1.165, 1.54) is 0 Å². The van der Waals surface area contributed by atoms with Gasteiger partial charge in [0.05, 0.1) is 5.69 Å². The molecule has 232 valence electrons. The third kappa shape index (κ3) is 9.10. The largest absolute Gasteiger partial charge is 0.490 e. The summed E-state index contributed by atoms with van der Waals surface area (Å²) in [5, 5.41) is 5.81. The molecule has 8 heteroatoms. The van der Waals surface area contributed by atoms with Crippen LogP contribution in [-0.2, 0) is 15.9 Å². The Morgan fingerprint density at radius 3 is 2.39 bits per heavy atom. The SMILES string of the molecule is CC(C)(C)OC(=O)NCCc1ccc(OC/C=C/c2ccc(-c3ccccc3)c(NC(=O)O[C@H]3CN4CCC3CC4)c2)cc1. The molecule has 0 unspecified atom stereocenters. The maximum absolute atomic E-state index is 13.0. The van der Waals surface area contributed by atoms with Gasteiger partial charge >= 0.3 is 12.2 Å². The van der Waals surface area contributed by atoms with Crippen molar-refractivity contribution in [3.8, 4) is 16.9 Å². The molecule has 2 amide bonds. The number of piperidine rings is 3. The summed E-state index contributed by atoms with van der Waals surface area (Å²) in [4.78, 5) is 27.2. The van der Waals surface area contributed by atoms with Crippen LogP contribution in [0.1, 0.15) is 44.7 Å². The number of nitrogens with one attached hydrogen (secondary N) is 2. The molecule has 0 saturated carbocycles. The van der Waals surface area contributed by atoms with Gasteiger partial charge in [-0.25, -0.2) is 9.59 Å². The van der Waals surface area contributed by atoms with Crippen LogP contribution in [0.25, 0.3) is 17.2 Å². The smallest absolute Gasteiger partial charge is 0.411 e. The average Bonchev–Trinajstić information content (AvgIpc) is 3.00. The Balaban J connectivity index is 1.15. The van der Waals surface area contributed by atoms with Gasteiger partial charge in [-0.3, -0.25) is 10.2 Å². The molecule has 0 aliphatic carbocycles. The first-order chi connectivity index (χ1) is 21.2. The summed E-state index contributed by atoms with van der Waals surface area (Å²) in [7, 11) is 0. The molecule has 3 fully saturated rings. The van der Waals surface area contributed by atoms with Gasteiger partial charge in [-0.15, -0.1) is 0 Å². The molecule has 6 rings (SSSR count). The number of rotatable bonds is 10. The molecule has 3 aliphatic heterocycles. The number of hydrogen-bond acceptors (Lipinski definition) is 6. The minimum Gasteiger partial charge on any atom is -0.490 e. The van der Waals surface area contributed by atoms with E-state index in [4.69, 9.17) is 14.2 Å². The number of carbonyl (C=O) groups excluding carboxylic acids is 2. The van der Waals surface area contributed by atoms with Crippen LogP contribution in [-0.4, -0.2) is 61.6 Å². The molecule has 2 N–H and O–H groups in total. The fraction of sp³-hybridized carbons (Fsp3) is 0.389. The second-order valence-corrected chi connectivity index (χ2v) is 12.4. The van der Waals surface area contributed by atoms with Gasteiger partial charge in [0.2, 0.25) is 0 Å². The van der Waals surface area contributed by atoms with Crippen molar-refractivity contribution in [1.82, 2.24) is 10.2 Å². The van der Waals surface area contributed by atoms with Crippen LogP contribution in [0.15, 0.2) is 78.9 Å². The first kappa shape index (κ1) is 31.1. The number of fused-ring (bicyclic) bond motifs is 3. The van der Waals surface area contributed by atoms with Crippen molar-refractivity contribution in [1.29, 1.82) is 0 Å². The van der Waals surface area contributed by atoms with Gasteiger partial charge in [-0.05, 0) is 100 Å². The summed E-state index contributed by atoms with van der Waals surface area (Å²) < 4.78 is 17.1. The van der Waals surface area contributed by atoms with Gasteiger partial charge in [-0.1, -0.05) is 60.7 Å². The van der Waals surface area contributed by atoms with E-state index in [-0.39, 0.29) is 6.10 Å². The normalized spacial score (nSPS) is 19.4. The minimum atomic E-state index is -0.511. The predicted molar refractivity (Wildman–Crippen MR) is 174 cm³/mol. The number of anilines is 1. The van der Waals surface area contributed by atoms with E-state index in [1.807, 2.05) is 106 Å².